The number of carbonyl (C=O) groups is 1. The lowest BCUT2D eigenvalue weighted by Crippen LogP contribution is -2.24. The third-order valence-electron chi connectivity index (χ3n) is 2.37. The molecule has 0 spiro atoms. The van der Waals surface area contributed by atoms with E-state index < -0.39 is 4.92 Å². The van der Waals surface area contributed by atoms with Crippen LogP contribution < -0.4 is 4.90 Å². The highest BCUT2D eigenvalue weighted by Gasteiger charge is 2.24. The second kappa shape index (κ2) is 5.77. The zero-order valence-electron chi connectivity index (χ0n) is 10.7. The van der Waals surface area contributed by atoms with Crippen LogP contribution >= 0.6 is 11.3 Å². The quantitative estimate of drug-likeness (QED) is 0.344. The molecule has 18 heavy (non-hydrogen) atoms. The van der Waals surface area contributed by atoms with E-state index >= 15 is 0 Å². The fraction of sp³-hybridized carbons (Fsp3) is 0.417. The molecule has 0 aromatic carbocycles. The Morgan fingerprint density at radius 3 is 2.56 bits per heavy atom. The molecule has 98 valence electrons. The Morgan fingerprint density at radius 1 is 1.56 bits per heavy atom. The molecule has 1 aromatic heterocycles. The van der Waals surface area contributed by atoms with Crippen LogP contribution in [-0.2, 0) is 0 Å². The molecule has 0 aliphatic rings. The Morgan fingerprint density at radius 2 is 2.17 bits per heavy atom. The third-order valence-corrected chi connectivity index (χ3v) is 3.65. The van der Waals surface area contributed by atoms with Gasteiger partial charge in [0, 0.05) is 19.2 Å². The van der Waals surface area contributed by atoms with Gasteiger partial charge in [-0.15, -0.1) is 11.3 Å². The summed E-state index contributed by atoms with van der Waals surface area (Å²) >= 11 is 1.16. The SMILES string of the molecule is C=C(C)CN(CC)c1sc(C(C)=O)cc1[N+](=O)[O-]. The largest absolute Gasteiger partial charge is 0.354 e. The Labute approximate surface area is 110 Å². The lowest BCUT2D eigenvalue weighted by molar-refractivity contribution is -0.383. The molecule has 1 heterocycles. The first-order chi connectivity index (χ1) is 8.36. The first-order valence-corrected chi connectivity index (χ1v) is 6.37. The molecular weight excluding hydrogens is 252 g/mol. The molecule has 1 aromatic rings. The highest BCUT2D eigenvalue weighted by molar-refractivity contribution is 7.18. The van der Waals surface area contributed by atoms with Gasteiger partial charge in [-0.3, -0.25) is 14.9 Å². The number of hydrogen-bond donors (Lipinski definition) is 0. The van der Waals surface area contributed by atoms with Crippen molar-refractivity contribution >= 4 is 27.8 Å². The van der Waals surface area contributed by atoms with Crippen LogP contribution in [0.25, 0.3) is 0 Å². The summed E-state index contributed by atoms with van der Waals surface area (Å²) in [5.41, 5.74) is 0.914. The molecule has 0 N–H and O–H groups in total. The fourth-order valence-electron chi connectivity index (χ4n) is 1.56. The molecule has 0 atom stereocenters. The van der Waals surface area contributed by atoms with Crippen molar-refractivity contribution in [1.82, 2.24) is 0 Å². The fourth-order valence-corrected chi connectivity index (χ4v) is 2.64. The van der Waals surface area contributed by atoms with Gasteiger partial charge in [0.15, 0.2) is 10.8 Å². The number of nitro groups is 1. The number of hydrogen-bond acceptors (Lipinski definition) is 5. The van der Waals surface area contributed by atoms with E-state index in [-0.39, 0.29) is 11.5 Å². The normalized spacial score (nSPS) is 10.2. The van der Waals surface area contributed by atoms with Gasteiger partial charge in [-0.2, -0.15) is 0 Å². The molecule has 0 saturated carbocycles. The standard InChI is InChI=1S/C12H16N2O3S/c1-5-13(7-8(2)3)12-10(14(16)17)6-11(18-12)9(4)15/h6H,2,5,7H2,1,3-4H3. The second-order valence-corrected chi connectivity index (χ2v) is 5.12. The zero-order valence-corrected chi connectivity index (χ0v) is 11.5. The maximum atomic E-state index is 11.3. The average molecular weight is 268 g/mol. The summed E-state index contributed by atoms with van der Waals surface area (Å²) in [6, 6.07) is 1.35. The minimum absolute atomic E-state index is 0.00620. The molecule has 5 nitrogen and oxygen atoms in total. The molecule has 0 aliphatic heterocycles. The topological polar surface area (TPSA) is 63.5 Å². The molecule has 0 radical (unpaired) electrons. The number of thiophene rings is 1. The van der Waals surface area contributed by atoms with Gasteiger partial charge < -0.3 is 4.90 Å². The minimum atomic E-state index is -0.445. The monoisotopic (exact) mass is 268 g/mol. The first kappa shape index (κ1) is 14.4. The van der Waals surface area contributed by atoms with Gasteiger partial charge in [-0.05, 0) is 20.8 Å². The van der Waals surface area contributed by atoms with Gasteiger partial charge in [-0.1, -0.05) is 12.2 Å². The third kappa shape index (κ3) is 3.16. The summed E-state index contributed by atoms with van der Waals surface area (Å²) in [6.07, 6.45) is 0. The van der Waals surface area contributed by atoms with Crippen molar-refractivity contribution in [1.29, 1.82) is 0 Å². The number of ketones is 1. The molecule has 0 aliphatic carbocycles. The predicted octanol–water partition coefficient (Wildman–Crippen LogP) is 3.26. The summed E-state index contributed by atoms with van der Waals surface area (Å²) in [5.74, 6) is -0.152. The molecule has 0 unspecified atom stereocenters. The molecule has 0 amide bonds. The van der Waals surface area contributed by atoms with Crippen LogP contribution in [0, 0.1) is 10.1 Å². The Bertz CT molecular complexity index is 494. The summed E-state index contributed by atoms with van der Waals surface area (Å²) in [6.45, 7) is 10.2. The van der Waals surface area contributed by atoms with Crippen molar-refractivity contribution < 1.29 is 9.72 Å². The van der Waals surface area contributed by atoms with E-state index in [1.807, 2.05) is 18.7 Å². The van der Waals surface area contributed by atoms with Crippen molar-refractivity contribution in [2.75, 3.05) is 18.0 Å². The van der Waals surface area contributed by atoms with Gasteiger partial charge in [0.25, 0.3) is 0 Å². The second-order valence-electron chi connectivity index (χ2n) is 4.09. The van der Waals surface area contributed by atoms with E-state index in [2.05, 4.69) is 6.58 Å². The van der Waals surface area contributed by atoms with E-state index in [1.165, 1.54) is 13.0 Å². The average Bonchev–Trinajstić information content (AvgIpc) is 2.70. The summed E-state index contributed by atoms with van der Waals surface area (Å²) in [7, 11) is 0. The highest BCUT2D eigenvalue weighted by Crippen LogP contribution is 2.38. The van der Waals surface area contributed by atoms with Crippen molar-refractivity contribution in [3.05, 3.63) is 33.2 Å². The predicted molar refractivity (Wildman–Crippen MR) is 73.7 cm³/mol. The van der Waals surface area contributed by atoms with E-state index in [4.69, 9.17) is 0 Å². The number of Topliss-reactive ketones (excluding diaryl/α,β-unsaturated/α-hetero) is 1. The van der Waals surface area contributed by atoms with Crippen molar-refractivity contribution in [3.63, 3.8) is 0 Å². The van der Waals surface area contributed by atoms with Crippen LogP contribution in [0.5, 0.6) is 0 Å². The van der Waals surface area contributed by atoms with Crippen LogP contribution in [-0.4, -0.2) is 23.8 Å². The molecular formula is C12H16N2O3S. The minimum Gasteiger partial charge on any atom is -0.354 e. The molecule has 0 saturated heterocycles. The lowest BCUT2D eigenvalue weighted by Gasteiger charge is -2.20. The lowest BCUT2D eigenvalue weighted by atomic mass is 10.3. The van der Waals surface area contributed by atoms with Gasteiger partial charge in [0.05, 0.1) is 9.80 Å². The number of nitrogens with zero attached hydrogens (tertiary/aromatic N) is 2. The Hall–Kier alpha value is -1.69. The van der Waals surface area contributed by atoms with Crippen molar-refractivity contribution in [2.45, 2.75) is 20.8 Å². The van der Waals surface area contributed by atoms with Crippen LogP contribution in [0.1, 0.15) is 30.4 Å². The first-order valence-electron chi connectivity index (χ1n) is 5.55. The summed E-state index contributed by atoms with van der Waals surface area (Å²) < 4.78 is 0. The van der Waals surface area contributed by atoms with Crippen molar-refractivity contribution in [2.24, 2.45) is 0 Å². The van der Waals surface area contributed by atoms with Gasteiger partial charge in [0.2, 0.25) is 0 Å². The smallest absolute Gasteiger partial charge is 0.304 e. The number of rotatable bonds is 6. The van der Waals surface area contributed by atoms with Crippen LogP contribution in [0.15, 0.2) is 18.2 Å². The number of carbonyl (C=O) groups excluding carboxylic acids is 1. The summed E-state index contributed by atoms with van der Waals surface area (Å²) in [4.78, 5) is 24.2. The van der Waals surface area contributed by atoms with Crippen molar-refractivity contribution in [3.8, 4) is 0 Å². The van der Waals surface area contributed by atoms with Gasteiger partial charge in [-0.25, -0.2) is 0 Å². The molecule has 1 rings (SSSR count). The Balaban J connectivity index is 3.22. The molecule has 0 bridgehead atoms. The maximum Gasteiger partial charge on any atom is 0.304 e. The Kier molecular flexibility index (Phi) is 4.61. The van der Waals surface area contributed by atoms with Crippen LogP contribution in [0.2, 0.25) is 0 Å². The summed E-state index contributed by atoms with van der Waals surface area (Å²) in [5, 5.41) is 11.5. The van der Waals surface area contributed by atoms with E-state index in [0.717, 1.165) is 16.9 Å². The van der Waals surface area contributed by atoms with E-state index in [9.17, 15) is 14.9 Å². The number of likely N-dealkylation sites (N-methyl/N-ethyl adjacent to an activating group) is 1. The van der Waals surface area contributed by atoms with Gasteiger partial charge >= 0.3 is 5.69 Å². The van der Waals surface area contributed by atoms with Crippen LogP contribution in [0.4, 0.5) is 10.7 Å². The van der Waals surface area contributed by atoms with Crippen LogP contribution in [0.3, 0.4) is 0 Å². The van der Waals surface area contributed by atoms with E-state index in [1.54, 1.807) is 0 Å². The molecule has 6 heteroatoms. The zero-order chi connectivity index (χ0) is 13.9. The maximum absolute atomic E-state index is 11.3. The van der Waals surface area contributed by atoms with Gasteiger partial charge in [0.1, 0.15) is 0 Å². The molecule has 0 fully saturated rings. The highest BCUT2D eigenvalue weighted by atomic mass is 32.1. The number of anilines is 1. The van der Waals surface area contributed by atoms with E-state index in [0.29, 0.717) is 23.0 Å².